The second-order valence-corrected chi connectivity index (χ2v) is 9.79. The van der Waals surface area contributed by atoms with Crippen LogP contribution in [-0.2, 0) is 4.79 Å². The summed E-state index contributed by atoms with van der Waals surface area (Å²) in [6.07, 6.45) is 5.93. The van der Waals surface area contributed by atoms with Crippen LogP contribution in [0, 0.1) is 0 Å². The van der Waals surface area contributed by atoms with Crippen molar-refractivity contribution in [2.45, 2.75) is 60.4 Å². The molecule has 5 heteroatoms. The summed E-state index contributed by atoms with van der Waals surface area (Å²) in [4.78, 5) is 12.1. The fraction of sp³-hybridized carbons (Fsp3) is 0.346. The van der Waals surface area contributed by atoms with Crippen molar-refractivity contribution < 1.29 is 20.1 Å². The lowest BCUT2D eigenvalue weighted by Gasteiger charge is -2.38. The van der Waals surface area contributed by atoms with Crippen molar-refractivity contribution in [2.24, 2.45) is 0 Å². The van der Waals surface area contributed by atoms with Crippen LogP contribution in [-0.4, -0.2) is 38.2 Å². The Kier molecular flexibility index (Phi) is 6.65. The SMILES string of the molecule is O=C(O)CC(O)CC(O)/C=C/C1=C(c2ccccc2)c2ccccc2SC12CCCC2. The highest BCUT2D eigenvalue weighted by atomic mass is 32.2. The van der Waals surface area contributed by atoms with Gasteiger partial charge in [0.15, 0.2) is 0 Å². The third-order valence-corrected chi connectivity index (χ3v) is 7.70. The summed E-state index contributed by atoms with van der Waals surface area (Å²) in [5.41, 5.74) is 4.77. The van der Waals surface area contributed by atoms with Gasteiger partial charge in [0.05, 0.1) is 18.6 Å². The Hall–Kier alpha value is -2.34. The van der Waals surface area contributed by atoms with E-state index in [1.54, 1.807) is 6.08 Å². The van der Waals surface area contributed by atoms with Crippen LogP contribution in [0.5, 0.6) is 0 Å². The number of rotatable bonds is 7. The van der Waals surface area contributed by atoms with Gasteiger partial charge in [0.1, 0.15) is 0 Å². The van der Waals surface area contributed by atoms with E-state index in [4.69, 9.17) is 5.11 Å². The van der Waals surface area contributed by atoms with Gasteiger partial charge in [0, 0.05) is 16.1 Å². The molecule has 1 saturated carbocycles. The zero-order valence-corrected chi connectivity index (χ0v) is 18.2. The van der Waals surface area contributed by atoms with E-state index in [-0.39, 0.29) is 17.6 Å². The van der Waals surface area contributed by atoms with Crippen molar-refractivity contribution in [3.8, 4) is 0 Å². The maximum absolute atomic E-state index is 10.8. The van der Waals surface area contributed by atoms with Crippen molar-refractivity contribution in [1.82, 2.24) is 0 Å². The molecule has 0 radical (unpaired) electrons. The van der Waals surface area contributed by atoms with E-state index in [1.165, 1.54) is 34.4 Å². The van der Waals surface area contributed by atoms with Gasteiger partial charge in [-0.15, -0.1) is 11.8 Å². The van der Waals surface area contributed by atoms with Gasteiger partial charge in [-0.05, 0) is 41.2 Å². The van der Waals surface area contributed by atoms with Crippen LogP contribution >= 0.6 is 11.8 Å². The molecule has 1 spiro atoms. The van der Waals surface area contributed by atoms with Crippen LogP contribution in [0.1, 0.15) is 49.7 Å². The normalized spacial score (nSPS) is 19.5. The molecule has 1 fully saturated rings. The average Bonchev–Trinajstić information content (AvgIpc) is 3.20. The Bertz CT molecular complexity index is 989. The molecular formula is C26H28O4S. The molecule has 1 aliphatic heterocycles. The zero-order chi connectivity index (χ0) is 21.8. The molecule has 162 valence electrons. The summed E-state index contributed by atoms with van der Waals surface area (Å²) in [6.45, 7) is 0. The maximum Gasteiger partial charge on any atom is 0.305 e. The summed E-state index contributed by atoms with van der Waals surface area (Å²) in [7, 11) is 0. The monoisotopic (exact) mass is 436 g/mol. The second-order valence-electron chi connectivity index (χ2n) is 8.37. The first kappa shape index (κ1) is 21.9. The maximum atomic E-state index is 10.8. The molecule has 0 aromatic heterocycles. The van der Waals surface area contributed by atoms with Crippen LogP contribution in [0.2, 0.25) is 0 Å². The topological polar surface area (TPSA) is 77.8 Å². The van der Waals surface area contributed by atoms with Crippen LogP contribution in [0.15, 0.2) is 77.2 Å². The number of aliphatic hydroxyl groups excluding tert-OH is 2. The van der Waals surface area contributed by atoms with Crippen molar-refractivity contribution >= 4 is 23.3 Å². The fourth-order valence-electron chi connectivity index (χ4n) is 4.72. The second kappa shape index (κ2) is 9.43. The number of fused-ring (bicyclic) bond motifs is 1. The quantitative estimate of drug-likeness (QED) is 0.566. The molecule has 1 heterocycles. The average molecular weight is 437 g/mol. The van der Waals surface area contributed by atoms with E-state index in [9.17, 15) is 15.0 Å². The summed E-state index contributed by atoms with van der Waals surface area (Å²) >= 11 is 1.93. The fourth-order valence-corrected chi connectivity index (χ4v) is 6.34. The third kappa shape index (κ3) is 4.79. The first-order valence-electron chi connectivity index (χ1n) is 10.8. The molecule has 4 rings (SSSR count). The highest BCUT2D eigenvalue weighted by Gasteiger charge is 2.42. The number of hydrogen-bond donors (Lipinski definition) is 3. The predicted octanol–water partition coefficient (Wildman–Crippen LogP) is 5.05. The van der Waals surface area contributed by atoms with Crippen LogP contribution < -0.4 is 0 Å². The minimum Gasteiger partial charge on any atom is -0.481 e. The number of benzene rings is 2. The number of aliphatic carboxylic acids is 1. The molecule has 2 atom stereocenters. The molecule has 0 amide bonds. The summed E-state index contributed by atoms with van der Waals surface area (Å²) in [5, 5.41) is 29.2. The number of carboxylic acid groups (broad SMARTS) is 1. The van der Waals surface area contributed by atoms with Gasteiger partial charge in [-0.1, -0.05) is 73.5 Å². The third-order valence-electron chi connectivity index (χ3n) is 6.10. The van der Waals surface area contributed by atoms with Crippen molar-refractivity contribution in [1.29, 1.82) is 0 Å². The molecule has 0 bridgehead atoms. The van der Waals surface area contributed by atoms with E-state index < -0.39 is 18.2 Å². The zero-order valence-electron chi connectivity index (χ0n) is 17.4. The molecule has 2 aromatic rings. The molecular weight excluding hydrogens is 408 g/mol. The van der Waals surface area contributed by atoms with Crippen LogP contribution in [0.4, 0.5) is 0 Å². The summed E-state index contributed by atoms with van der Waals surface area (Å²) in [5.74, 6) is -1.07. The number of carboxylic acids is 1. The van der Waals surface area contributed by atoms with Gasteiger partial charge >= 0.3 is 5.97 Å². The lowest BCUT2D eigenvalue weighted by atomic mass is 9.83. The highest BCUT2D eigenvalue weighted by Crippen LogP contribution is 2.57. The number of hydrogen-bond acceptors (Lipinski definition) is 4. The lowest BCUT2D eigenvalue weighted by Crippen LogP contribution is -2.27. The molecule has 2 unspecified atom stereocenters. The number of aliphatic hydroxyl groups is 2. The van der Waals surface area contributed by atoms with Crippen molar-refractivity contribution in [3.63, 3.8) is 0 Å². The largest absolute Gasteiger partial charge is 0.481 e. The number of thioether (sulfide) groups is 1. The van der Waals surface area contributed by atoms with E-state index in [0.717, 1.165) is 18.4 Å². The lowest BCUT2D eigenvalue weighted by molar-refractivity contribution is -0.139. The predicted molar refractivity (Wildman–Crippen MR) is 124 cm³/mol. The van der Waals surface area contributed by atoms with Gasteiger partial charge in [-0.3, -0.25) is 4.79 Å². The Morgan fingerprint density at radius 1 is 1.03 bits per heavy atom. The smallest absolute Gasteiger partial charge is 0.305 e. The van der Waals surface area contributed by atoms with Crippen molar-refractivity contribution in [3.05, 3.63) is 83.4 Å². The summed E-state index contributed by atoms with van der Waals surface area (Å²) < 4.78 is -0.0323. The van der Waals surface area contributed by atoms with Gasteiger partial charge in [0.2, 0.25) is 0 Å². The minimum absolute atomic E-state index is 0.00742. The molecule has 0 saturated heterocycles. The number of carbonyl (C=O) groups is 1. The van der Waals surface area contributed by atoms with Gasteiger partial charge in [-0.25, -0.2) is 0 Å². The first-order valence-corrected chi connectivity index (χ1v) is 11.6. The van der Waals surface area contributed by atoms with Crippen molar-refractivity contribution in [2.75, 3.05) is 0 Å². The van der Waals surface area contributed by atoms with Gasteiger partial charge < -0.3 is 15.3 Å². The Morgan fingerprint density at radius 3 is 2.42 bits per heavy atom. The summed E-state index contributed by atoms with van der Waals surface area (Å²) in [6, 6.07) is 18.9. The molecule has 3 N–H and O–H groups in total. The van der Waals surface area contributed by atoms with E-state index >= 15 is 0 Å². The standard InChI is InChI=1S/C26H28O4S/c27-19(16-20(28)17-24(29)30)12-13-22-25(18-8-2-1-3-9-18)21-10-4-5-11-23(21)31-26(22)14-6-7-15-26/h1-5,8-13,19-20,27-28H,6-7,14-17H2,(H,29,30)/b13-12+. The van der Waals surface area contributed by atoms with E-state index in [1.807, 2.05) is 36.0 Å². The Labute approximate surface area is 187 Å². The highest BCUT2D eigenvalue weighted by molar-refractivity contribution is 8.01. The molecule has 4 nitrogen and oxygen atoms in total. The van der Waals surface area contributed by atoms with E-state index in [2.05, 4.69) is 36.4 Å². The van der Waals surface area contributed by atoms with Crippen LogP contribution in [0.3, 0.4) is 0 Å². The van der Waals surface area contributed by atoms with Crippen LogP contribution in [0.25, 0.3) is 5.57 Å². The van der Waals surface area contributed by atoms with E-state index in [0.29, 0.717) is 0 Å². The molecule has 2 aliphatic rings. The van der Waals surface area contributed by atoms with Gasteiger partial charge in [0.25, 0.3) is 0 Å². The Balaban J connectivity index is 1.77. The molecule has 31 heavy (non-hydrogen) atoms. The minimum atomic E-state index is -1.07. The molecule has 1 aliphatic carbocycles. The Morgan fingerprint density at radius 2 is 1.71 bits per heavy atom. The first-order chi connectivity index (χ1) is 15.0. The number of allylic oxidation sites excluding steroid dienone is 1. The van der Waals surface area contributed by atoms with Gasteiger partial charge in [-0.2, -0.15) is 0 Å². The molecule has 2 aromatic carbocycles.